The molecule has 5 heteroatoms. The zero-order valence-electron chi connectivity index (χ0n) is 12.3. The lowest BCUT2D eigenvalue weighted by molar-refractivity contribution is -0.148. The Morgan fingerprint density at radius 2 is 2.24 bits per heavy atom. The van der Waals surface area contributed by atoms with E-state index in [0.717, 1.165) is 24.3 Å². The van der Waals surface area contributed by atoms with E-state index in [2.05, 4.69) is 21.6 Å². The minimum atomic E-state index is -0.131. The maximum atomic E-state index is 12.1. The molecular weight excluding hydrogens is 266 g/mol. The highest BCUT2D eigenvalue weighted by Gasteiger charge is 2.49. The summed E-state index contributed by atoms with van der Waals surface area (Å²) in [4.78, 5) is 19.0. The standard InChI is InChI=1S/C16H19N3O2/c1-3-21-16(20)13-8-10-9-19-12-7-5-4-6-11(12)17-15(19)14(10)18(13)2/h4-7,10,13-14H,3,8-9H2,1-2H3/t10-,13-,14-/m1/s1. The normalized spacial score (nSPS) is 27.8. The molecule has 1 aromatic carbocycles. The number of likely N-dealkylation sites (N-methyl/N-ethyl adjacent to an activating group) is 1. The number of ether oxygens (including phenoxy) is 1. The van der Waals surface area contributed by atoms with Gasteiger partial charge in [-0.2, -0.15) is 0 Å². The number of carbonyl (C=O) groups excluding carboxylic acids is 1. The first-order valence-corrected chi connectivity index (χ1v) is 7.54. The molecule has 0 bridgehead atoms. The van der Waals surface area contributed by atoms with Gasteiger partial charge in [-0.1, -0.05) is 12.1 Å². The second-order valence-electron chi connectivity index (χ2n) is 5.94. The number of aromatic nitrogens is 2. The summed E-state index contributed by atoms with van der Waals surface area (Å²) < 4.78 is 7.51. The van der Waals surface area contributed by atoms with E-state index in [4.69, 9.17) is 9.72 Å². The summed E-state index contributed by atoms with van der Waals surface area (Å²) in [6.45, 7) is 3.24. The van der Waals surface area contributed by atoms with Crippen molar-refractivity contribution in [3.05, 3.63) is 30.1 Å². The minimum Gasteiger partial charge on any atom is -0.465 e. The Morgan fingerprint density at radius 1 is 1.43 bits per heavy atom. The van der Waals surface area contributed by atoms with Crippen LogP contribution < -0.4 is 0 Å². The molecule has 0 saturated carbocycles. The van der Waals surface area contributed by atoms with Crippen LogP contribution in [0.15, 0.2) is 24.3 Å². The molecule has 21 heavy (non-hydrogen) atoms. The van der Waals surface area contributed by atoms with E-state index in [1.54, 1.807) is 0 Å². The number of rotatable bonds is 2. The smallest absolute Gasteiger partial charge is 0.323 e. The summed E-state index contributed by atoms with van der Waals surface area (Å²) in [5.41, 5.74) is 2.24. The predicted molar refractivity (Wildman–Crippen MR) is 78.8 cm³/mol. The molecule has 0 N–H and O–H groups in total. The van der Waals surface area contributed by atoms with Crippen molar-refractivity contribution in [2.45, 2.75) is 32.0 Å². The van der Waals surface area contributed by atoms with Crippen LogP contribution in [-0.4, -0.2) is 40.1 Å². The molecule has 110 valence electrons. The summed E-state index contributed by atoms with van der Waals surface area (Å²) >= 11 is 0. The van der Waals surface area contributed by atoms with E-state index in [1.165, 1.54) is 5.52 Å². The molecule has 1 aromatic heterocycles. The molecule has 0 amide bonds. The molecule has 2 aliphatic heterocycles. The summed E-state index contributed by atoms with van der Waals surface area (Å²) in [5, 5.41) is 0. The van der Waals surface area contributed by atoms with Crippen molar-refractivity contribution in [3.8, 4) is 0 Å². The monoisotopic (exact) mass is 285 g/mol. The third-order valence-electron chi connectivity index (χ3n) is 4.83. The van der Waals surface area contributed by atoms with Gasteiger partial charge in [-0.3, -0.25) is 9.69 Å². The molecule has 4 rings (SSSR count). The Morgan fingerprint density at radius 3 is 3.05 bits per heavy atom. The molecule has 0 unspecified atom stereocenters. The number of nitrogens with zero attached hydrogens (tertiary/aromatic N) is 3. The fourth-order valence-electron chi connectivity index (χ4n) is 3.92. The topological polar surface area (TPSA) is 47.4 Å². The molecule has 2 aromatic rings. The zero-order valence-corrected chi connectivity index (χ0v) is 12.3. The van der Waals surface area contributed by atoms with Gasteiger partial charge < -0.3 is 9.30 Å². The van der Waals surface area contributed by atoms with Gasteiger partial charge in [0.05, 0.1) is 23.7 Å². The molecule has 3 atom stereocenters. The van der Waals surface area contributed by atoms with Crippen molar-refractivity contribution in [2.24, 2.45) is 5.92 Å². The number of hydrogen-bond acceptors (Lipinski definition) is 4. The van der Waals surface area contributed by atoms with Crippen molar-refractivity contribution >= 4 is 17.0 Å². The minimum absolute atomic E-state index is 0.0999. The van der Waals surface area contributed by atoms with Crippen LogP contribution in [0.2, 0.25) is 0 Å². The van der Waals surface area contributed by atoms with E-state index in [0.29, 0.717) is 12.5 Å². The van der Waals surface area contributed by atoms with Crippen molar-refractivity contribution in [2.75, 3.05) is 13.7 Å². The van der Waals surface area contributed by atoms with Crippen molar-refractivity contribution in [1.82, 2.24) is 14.5 Å². The van der Waals surface area contributed by atoms with Crippen molar-refractivity contribution in [1.29, 1.82) is 0 Å². The van der Waals surface area contributed by atoms with Crippen molar-refractivity contribution < 1.29 is 9.53 Å². The van der Waals surface area contributed by atoms with Gasteiger partial charge in [-0.05, 0) is 32.5 Å². The van der Waals surface area contributed by atoms with Gasteiger partial charge in [0.15, 0.2) is 0 Å². The first kappa shape index (κ1) is 12.8. The van der Waals surface area contributed by atoms with Crippen LogP contribution in [0.25, 0.3) is 11.0 Å². The van der Waals surface area contributed by atoms with Gasteiger partial charge in [0.2, 0.25) is 0 Å². The van der Waals surface area contributed by atoms with Gasteiger partial charge in [0.25, 0.3) is 0 Å². The third-order valence-corrected chi connectivity index (χ3v) is 4.83. The molecule has 2 aliphatic rings. The van der Waals surface area contributed by atoms with Crippen LogP contribution in [0.1, 0.15) is 25.2 Å². The highest BCUT2D eigenvalue weighted by molar-refractivity contribution is 5.78. The van der Waals surface area contributed by atoms with Crippen LogP contribution in [0.3, 0.4) is 0 Å². The first-order valence-electron chi connectivity index (χ1n) is 7.54. The quantitative estimate of drug-likeness (QED) is 0.792. The van der Waals surface area contributed by atoms with Crippen molar-refractivity contribution in [3.63, 3.8) is 0 Å². The van der Waals surface area contributed by atoms with E-state index >= 15 is 0 Å². The predicted octanol–water partition coefficient (Wildman–Crippen LogP) is 1.97. The highest BCUT2D eigenvalue weighted by atomic mass is 16.5. The summed E-state index contributed by atoms with van der Waals surface area (Å²) in [7, 11) is 2.02. The maximum Gasteiger partial charge on any atom is 0.323 e. The lowest BCUT2D eigenvalue weighted by Gasteiger charge is -2.22. The fraction of sp³-hybridized carbons (Fsp3) is 0.500. The lowest BCUT2D eigenvalue weighted by Crippen LogP contribution is -2.36. The van der Waals surface area contributed by atoms with E-state index in [9.17, 15) is 4.79 Å². The Balaban J connectivity index is 1.70. The maximum absolute atomic E-state index is 12.1. The van der Waals surface area contributed by atoms with Crippen LogP contribution in [0.5, 0.6) is 0 Å². The van der Waals surface area contributed by atoms with Crippen LogP contribution in [-0.2, 0) is 16.1 Å². The second kappa shape index (κ2) is 4.56. The van der Waals surface area contributed by atoms with Gasteiger partial charge in [0, 0.05) is 12.5 Å². The number of hydrogen-bond donors (Lipinski definition) is 0. The van der Waals surface area contributed by atoms with Crippen LogP contribution >= 0.6 is 0 Å². The zero-order chi connectivity index (χ0) is 14.6. The SMILES string of the molecule is CCOC(=O)[C@H]1C[C@@H]2Cn3c(nc4ccccc43)[C@@H]2N1C. The van der Waals surface area contributed by atoms with E-state index in [-0.39, 0.29) is 18.1 Å². The third kappa shape index (κ3) is 1.73. The van der Waals surface area contributed by atoms with E-state index < -0.39 is 0 Å². The van der Waals surface area contributed by atoms with Crippen LogP contribution in [0.4, 0.5) is 0 Å². The number of fused-ring (bicyclic) bond motifs is 5. The van der Waals surface area contributed by atoms with E-state index in [1.807, 2.05) is 26.1 Å². The summed E-state index contributed by atoms with van der Waals surface area (Å²) in [5.74, 6) is 1.45. The Bertz CT molecular complexity index is 709. The number of imidazole rings is 1. The fourth-order valence-corrected chi connectivity index (χ4v) is 3.92. The molecule has 1 fully saturated rings. The highest BCUT2D eigenvalue weighted by Crippen LogP contribution is 2.46. The first-order chi connectivity index (χ1) is 10.2. The largest absolute Gasteiger partial charge is 0.465 e. The lowest BCUT2D eigenvalue weighted by atomic mass is 10.0. The van der Waals surface area contributed by atoms with Gasteiger partial charge >= 0.3 is 5.97 Å². The number of para-hydroxylation sites is 2. The Labute approximate surface area is 123 Å². The molecule has 0 radical (unpaired) electrons. The molecule has 1 saturated heterocycles. The average molecular weight is 285 g/mol. The average Bonchev–Trinajstić information content (AvgIpc) is 3.08. The number of esters is 1. The summed E-state index contributed by atoms with van der Waals surface area (Å²) in [6, 6.07) is 8.34. The summed E-state index contributed by atoms with van der Waals surface area (Å²) in [6.07, 6.45) is 0.859. The number of benzene rings is 1. The van der Waals surface area contributed by atoms with Gasteiger partial charge in [-0.25, -0.2) is 4.98 Å². The van der Waals surface area contributed by atoms with Gasteiger partial charge in [0.1, 0.15) is 11.9 Å². The Kier molecular flexibility index (Phi) is 2.79. The van der Waals surface area contributed by atoms with Crippen LogP contribution in [0, 0.1) is 5.92 Å². The molecule has 0 spiro atoms. The molecule has 5 nitrogen and oxygen atoms in total. The number of likely N-dealkylation sites (tertiary alicyclic amines) is 1. The number of carbonyl (C=O) groups is 1. The van der Waals surface area contributed by atoms with Gasteiger partial charge in [-0.15, -0.1) is 0 Å². The molecule has 0 aliphatic carbocycles. The molecular formula is C16H19N3O2. The second-order valence-corrected chi connectivity index (χ2v) is 5.94. The molecule has 3 heterocycles. The Hall–Kier alpha value is -1.88.